The van der Waals surface area contributed by atoms with Crippen LogP contribution in [0.25, 0.3) is 0 Å². The van der Waals surface area contributed by atoms with Crippen LogP contribution in [0.1, 0.15) is 12.0 Å². The van der Waals surface area contributed by atoms with Crippen molar-refractivity contribution in [3.63, 3.8) is 0 Å². The summed E-state index contributed by atoms with van der Waals surface area (Å²) in [5.74, 6) is -2.81. The number of rotatable bonds is 10. The summed E-state index contributed by atoms with van der Waals surface area (Å²) < 4.78 is 75.2. The second kappa shape index (κ2) is 15.2. The first-order valence-electron chi connectivity index (χ1n) is 13.1. The standard InChI is InChI=1S/C25H25ClF3N3O7S.C3H9N/c1-37-15-7-6-14(19(10-15)38-2)12-32(21-5-3-4-20(28)30-21)40(36)24-17(27)11-18(22(26)23(24)29)31-9-8-16(13-31)39-25(33,34)35;1-4(2)3/h3-7,10-11,16,33-35H,8-9,12-13H2,1-2H3;1-3H3. The molecule has 0 radical (unpaired) electrons. The van der Waals surface area contributed by atoms with Crippen molar-refractivity contribution < 1.29 is 46.9 Å². The second-order valence-corrected chi connectivity index (χ2v) is 11.7. The molecule has 16 heteroatoms. The van der Waals surface area contributed by atoms with E-state index in [1.165, 1.54) is 31.3 Å². The Hall–Kier alpha value is -3.18. The predicted octanol–water partition coefficient (Wildman–Crippen LogP) is 3.26. The Balaban J connectivity index is 0.00000124. The molecule has 2 aromatic carbocycles. The molecule has 242 valence electrons. The van der Waals surface area contributed by atoms with Gasteiger partial charge < -0.3 is 34.6 Å². The molecule has 0 amide bonds. The fourth-order valence-corrected chi connectivity index (χ4v) is 5.79. The van der Waals surface area contributed by atoms with Crippen molar-refractivity contribution >= 4 is 34.1 Å². The van der Waals surface area contributed by atoms with Gasteiger partial charge in [-0.05, 0) is 51.8 Å². The molecule has 4 rings (SSSR count). The van der Waals surface area contributed by atoms with Crippen molar-refractivity contribution in [3.8, 4) is 11.5 Å². The van der Waals surface area contributed by atoms with Gasteiger partial charge in [-0.2, -0.15) is 4.39 Å². The van der Waals surface area contributed by atoms with Gasteiger partial charge in [0.2, 0.25) is 5.95 Å². The van der Waals surface area contributed by atoms with Crippen molar-refractivity contribution in [1.82, 2.24) is 9.88 Å². The van der Waals surface area contributed by atoms with Gasteiger partial charge in [0.1, 0.15) is 33.1 Å². The Bertz CT molecular complexity index is 1460. The van der Waals surface area contributed by atoms with Gasteiger partial charge in [-0.1, -0.05) is 17.7 Å². The van der Waals surface area contributed by atoms with E-state index in [-0.39, 0.29) is 37.6 Å². The van der Waals surface area contributed by atoms with Gasteiger partial charge in [-0.25, -0.2) is 18.0 Å². The van der Waals surface area contributed by atoms with E-state index in [9.17, 15) is 8.60 Å². The minimum Gasteiger partial charge on any atom is -0.497 e. The third-order valence-electron chi connectivity index (χ3n) is 6.05. The van der Waals surface area contributed by atoms with Gasteiger partial charge >= 0.3 is 6.16 Å². The molecule has 0 bridgehead atoms. The molecule has 3 N–H and O–H groups in total. The second-order valence-electron chi connectivity index (χ2n) is 10.0. The summed E-state index contributed by atoms with van der Waals surface area (Å²) in [5, 5.41) is 26.6. The Morgan fingerprint density at radius 1 is 1.09 bits per heavy atom. The fraction of sp³-hybridized carbons (Fsp3) is 0.393. The maximum absolute atomic E-state index is 15.6. The van der Waals surface area contributed by atoms with Crippen molar-refractivity contribution in [3.05, 3.63) is 70.6 Å². The lowest BCUT2D eigenvalue weighted by Crippen LogP contribution is -2.37. The first kappa shape index (κ1) is 35.3. The van der Waals surface area contributed by atoms with Crippen LogP contribution in [0.2, 0.25) is 5.02 Å². The van der Waals surface area contributed by atoms with E-state index in [0.717, 1.165) is 16.4 Å². The zero-order chi connectivity index (χ0) is 32.8. The van der Waals surface area contributed by atoms with Crippen molar-refractivity contribution in [2.24, 2.45) is 0 Å². The fourth-order valence-electron chi connectivity index (χ4n) is 4.23. The highest BCUT2D eigenvalue weighted by atomic mass is 35.5. The summed E-state index contributed by atoms with van der Waals surface area (Å²) in [7, 11) is 6.23. The molecule has 2 unspecified atom stereocenters. The minimum absolute atomic E-state index is 0.0823. The predicted molar refractivity (Wildman–Crippen MR) is 158 cm³/mol. The zero-order valence-electron chi connectivity index (χ0n) is 24.6. The van der Waals surface area contributed by atoms with Crippen LogP contribution in [0.15, 0.2) is 47.4 Å². The molecule has 0 aliphatic carbocycles. The van der Waals surface area contributed by atoms with Crippen LogP contribution in [0.4, 0.5) is 24.7 Å². The van der Waals surface area contributed by atoms with E-state index in [2.05, 4.69) is 9.72 Å². The molecule has 1 saturated heterocycles. The monoisotopic (exact) mass is 662 g/mol. The van der Waals surface area contributed by atoms with Crippen LogP contribution in [0, 0.1) is 17.6 Å². The number of halogens is 4. The molecule has 1 aromatic heterocycles. The van der Waals surface area contributed by atoms with Crippen LogP contribution >= 0.6 is 11.6 Å². The average molecular weight is 663 g/mol. The summed E-state index contributed by atoms with van der Waals surface area (Å²) >= 11 is 6.26. The quantitative estimate of drug-likeness (QED) is 0.169. The maximum atomic E-state index is 15.6. The van der Waals surface area contributed by atoms with Crippen LogP contribution in [-0.4, -0.2) is 90.1 Å². The number of nitrogens with zero attached hydrogens (tertiary/aromatic N) is 4. The van der Waals surface area contributed by atoms with Gasteiger partial charge in [0.25, 0.3) is 0 Å². The summed E-state index contributed by atoms with van der Waals surface area (Å²) in [4.78, 5) is 6.26. The molecule has 1 aliphatic rings. The lowest BCUT2D eigenvalue weighted by atomic mass is 10.2. The van der Waals surface area contributed by atoms with Crippen molar-refractivity contribution in [2.75, 3.05) is 57.7 Å². The summed E-state index contributed by atoms with van der Waals surface area (Å²) in [6.45, 7) is -0.190. The lowest BCUT2D eigenvalue weighted by Gasteiger charge is -2.26. The number of pyridine rings is 1. The molecule has 0 spiro atoms. The van der Waals surface area contributed by atoms with Crippen molar-refractivity contribution in [2.45, 2.75) is 30.1 Å². The normalized spacial score (nSPS) is 15.6. The Labute approximate surface area is 260 Å². The molecule has 3 aromatic rings. The maximum Gasteiger partial charge on any atom is 0.405 e. The highest BCUT2D eigenvalue weighted by molar-refractivity contribution is 7.86. The van der Waals surface area contributed by atoms with Gasteiger partial charge in [0.15, 0.2) is 16.8 Å². The molecule has 1 aliphatic heterocycles. The molecule has 0 saturated carbocycles. The first-order valence-corrected chi connectivity index (χ1v) is 14.5. The largest absolute Gasteiger partial charge is 0.497 e. The average Bonchev–Trinajstić information content (AvgIpc) is 3.39. The van der Waals surface area contributed by atoms with Crippen LogP contribution in [-0.2, 0) is 22.3 Å². The Morgan fingerprint density at radius 3 is 2.36 bits per heavy atom. The third kappa shape index (κ3) is 9.17. The number of anilines is 2. The number of hydrogen-bond donors (Lipinski definition) is 3. The molecular weight excluding hydrogens is 629 g/mol. The van der Waals surface area contributed by atoms with Gasteiger partial charge in [0.05, 0.1) is 32.6 Å². The molecule has 2 heterocycles. The number of aromatic nitrogens is 1. The smallest absolute Gasteiger partial charge is 0.405 e. The highest BCUT2D eigenvalue weighted by Crippen LogP contribution is 2.38. The first-order chi connectivity index (χ1) is 20.6. The van der Waals surface area contributed by atoms with Crippen LogP contribution in [0.3, 0.4) is 0 Å². The molecular formula is C28H34ClF3N4O7S. The van der Waals surface area contributed by atoms with Crippen LogP contribution < -0.4 is 18.7 Å². The number of benzene rings is 2. The van der Waals surface area contributed by atoms with E-state index in [1.807, 2.05) is 26.0 Å². The third-order valence-corrected chi connectivity index (χ3v) is 7.85. The van der Waals surface area contributed by atoms with E-state index >= 15 is 8.78 Å². The Kier molecular flexibility index (Phi) is 12.2. The number of methoxy groups -OCH3 is 2. The summed E-state index contributed by atoms with van der Waals surface area (Å²) in [6, 6.07) is 9.34. The highest BCUT2D eigenvalue weighted by Gasteiger charge is 2.35. The van der Waals surface area contributed by atoms with E-state index in [1.54, 1.807) is 18.2 Å². The summed E-state index contributed by atoms with van der Waals surface area (Å²) in [5.41, 5.74) is 0.331. The number of aliphatic hydroxyl groups is 3. The lowest BCUT2D eigenvalue weighted by molar-refractivity contribution is -0.464. The number of hydrogen-bond acceptors (Lipinski definition) is 10. The molecule has 44 heavy (non-hydrogen) atoms. The van der Waals surface area contributed by atoms with Crippen LogP contribution in [0.5, 0.6) is 11.5 Å². The van der Waals surface area contributed by atoms with Gasteiger partial charge in [-0.3, -0.25) is 9.04 Å². The number of ether oxygens (including phenoxy) is 3. The summed E-state index contributed by atoms with van der Waals surface area (Å²) in [6.07, 6.45) is -4.08. The zero-order valence-corrected chi connectivity index (χ0v) is 26.2. The van der Waals surface area contributed by atoms with Gasteiger partial charge in [0, 0.05) is 30.8 Å². The van der Waals surface area contributed by atoms with E-state index < -0.39 is 50.7 Å². The minimum atomic E-state index is -3.37. The molecule has 1 fully saturated rings. The topological polar surface area (TPSA) is 128 Å². The Morgan fingerprint density at radius 2 is 1.77 bits per heavy atom. The van der Waals surface area contributed by atoms with Gasteiger partial charge in [-0.15, -0.1) is 0 Å². The van der Waals surface area contributed by atoms with E-state index in [0.29, 0.717) is 17.1 Å². The van der Waals surface area contributed by atoms with E-state index in [4.69, 9.17) is 36.4 Å². The molecule has 11 nitrogen and oxygen atoms in total. The SMILES string of the molecule is CN(C)C.COc1ccc(CN(c2cccc(F)n2)S(=O)c2c(F)cc(N3CCC(OC(O)(O)O)C3)c(Cl)c2F)c(OC)c1. The van der Waals surface area contributed by atoms with Crippen molar-refractivity contribution in [1.29, 1.82) is 0 Å². The molecule has 2 atom stereocenters.